The molecule has 3 N–H and O–H groups in total. The van der Waals surface area contributed by atoms with E-state index in [9.17, 15) is 4.79 Å². The molecular formula is C17H34N2O. The monoisotopic (exact) mass is 282 g/mol. The molecule has 0 aromatic rings. The van der Waals surface area contributed by atoms with Gasteiger partial charge in [-0.05, 0) is 43.6 Å². The molecular weight excluding hydrogens is 248 g/mol. The molecule has 118 valence electrons. The van der Waals surface area contributed by atoms with Crippen LogP contribution in [0.3, 0.4) is 0 Å². The van der Waals surface area contributed by atoms with Crippen LogP contribution in [0.1, 0.15) is 71.6 Å². The van der Waals surface area contributed by atoms with E-state index < -0.39 is 0 Å². The molecule has 1 aliphatic rings. The van der Waals surface area contributed by atoms with Crippen molar-refractivity contribution in [3.05, 3.63) is 0 Å². The molecule has 1 fully saturated rings. The number of nitrogens with two attached hydrogens (primary N) is 1. The first kappa shape index (κ1) is 17.5. The average Bonchev–Trinajstić information content (AvgIpc) is 2.44. The van der Waals surface area contributed by atoms with Gasteiger partial charge in [0.1, 0.15) is 0 Å². The van der Waals surface area contributed by atoms with Gasteiger partial charge in [0.15, 0.2) is 0 Å². The van der Waals surface area contributed by atoms with Gasteiger partial charge >= 0.3 is 0 Å². The Labute approximate surface area is 125 Å². The van der Waals surface area contributed by atoms with E-state index in [1.165, 1.54) is 38.5 Å². The smallest absolute Gasteiger partial charge is 0.220 e. The molecule has 0 bridgehead atoms. The lowest BCUT2D eigenvalue weighted by atomic mass is 9.80. The fourth-order valence-corrected chi connectivity index (χ4v) is 3.44. The highest BCUT2D eigenvalue weighted by Gasteiger charge is 2.21. The number of rotatable bonds is 9. The molecule has 0 aromatic heterocycles. The standard InChI is InChI=1S/C17H34N2O/c1-3-6-15(11-12-18)9-10-17(20)19-13-16-8-5-4-7-14(16)2/h14-16H,3-13,18H2,1-2H3,(H,19,20). The predicted octanol–water partition coefficient (Wildman–Crippen LogP) is 3.47. The second kappa shape index (κ2) is 10.2. The molecule has 3 atom stereocenters. The quantitative estimate of drug-likeness (QED) is 0.680. The minimum Gasteiger partial charge on any atom is -0.356 e. The Bertz CT molecular complexity index is 262. The van der Waals surface area contributed by atoms with Crippen LogP contribution in [0.4, 0.5) is 0 Å². The summed E-state index contributed by atoms with van der Waals surface area (Å²) >= 11 is 0. The van der Waals surface area contributed by atoms with Crippen LogP contribution in [0.25, 0.3) is 0 Å². The van der Waals surface area contributed by atoms with Crippen molar-refractivity contribution in [3.63, 3.8) is 0 Å². The zero-order valence-electron chi connectivity index (χ0n) is 13.5. The Morgan fingerprint density at radius 2 is 2.00 bits per heavy atom. The molecule has 0 radical (unpaired) electrons. The van der Waals surface area contributed by atoms with Gasteiger partial charge in [-0.3, -0.25) is 4.79 Å². The van der Waals surface area contributed by atoms with Crippen LogP contribution in [0.15, 0.2) is 0 Å². The van der Waals surface area contributed by atoms with Crippen molar-refractivity contribution < 1.29 is 4.79 Å². The van der Waals surface area contributed by atoms with Crippen molar-refractivity contribution in [2.24, 2.45) is 23.5 Å². The molecule has 1 rings (SSSR count). The van der Waals surface area contributed by atoms with Gasteiger partial charge in [0, 0.05) is 13.0 Å². The lowest BCUT2D eigenvalue weighted by Crippen LogP contribution is -2.33. The maximum Gasteiger partial charge on any atom is 0.220 e. The van der Waals surface area contributed by atoms with Crippen molar-refractivity contribution in [3.8, 4) is 0 Å². The highest BCUT2D eigenvalue weighted by atomic mass is 16.1. The van der Waals surface area contributed by atoms with Gasteiger partial charge < -0.3 is 11.1 Å². The summed E-state index contributed by atoms with van der Waals surface area (Å²) in [7, 11) is 0. The van der Waals surface area contributed by atoms with Crippen LogP contribution in [0.2, 0.25) is 0 Å². The van der Waals surface area contributed by atoms with Crippen LogP contribution in [-0.4, -0.2) is 19.0 Å². The first-order valence-corrected chi connectivity index (χ1v) is 8.64. The van der Waals surface area contributed by atoms with Gasteiger partial charge in [0.05, 0.1) is 0 Å². The van der Waals surface area contributed by atoms with Crippen molar-refractivity contribution in [2.45, 2.75) is 71.6 Å². The molecule has 3 unspecified atom stereocenters. The number of nitrogens with one attached hydrogen (secondary N) is 1. The molecule has 0 heterocycles. The first-order valence-electron chi connectivity index (χ1n) is 8.64. The largest absolute Gasteiger partial charge is 0.356 e. The number of hydrogen-bond donors (Lipinski definition) is 2. The lowest BCUT2D eigenvalue weighted by molar-refractivity contribution is -0.121. The first-order chi connectivity index (χ1) is 9.67. The summed E-state index contributed by atoms with van der Waals surface area (Å²) < 4.78 is 0. The summed E-state index contributed by atoms with van der Waals surface area (Å²) in [5.41, 5.74) is 5.64. The van der Waals surface area contributed by atoms with Gasteiger partial charge in [-0.2, -0.15) is 0 Å². The SMILES string of the molecule is CCCC(CCN)CCC(=O)NCC1CCCCC1C. The minimum absolute atomic E-state index is 0.237. The topological polar surface area (TPSA) is 55.1 Å². The van der Waals surface area contributed by atoms with Crippen molar-refractivity contribution in [1.82, 2.24) is 5.32 Å². The van der Waals surface area contributed by atoms with Gasteiger partial charge in [-0.15, -0.1) is 0 Å². The van der Waals surface area contributed by atoms with E-state index in [4.69, 9.17) is 5.73 Å². The zero-order valence-corrected chi connectivity index (χ0v) is 13.5. The van der Waals surface area contributed by atoms with E-state index in [-0.39, 0.29) is 5.91 Å². The summed E-state index contributed by atoms with van der Waals surface area (Å²) in [5, 5.41) is 3.15. The molecule has 20 heavy (non-hydrogen) atoms. The predicted molar refractivity (Wildman–Crippen MR) is 85.4 cm³/mol. The molecule has 3 heteroatoms. The lowest BCUT2D eigenvalue weighted by Gasteiger charge is -2.28. The number of carbonyl (C=O) groups is 1. The summed E-state index contributed by atoms with van der Waals surface area (Å²) in [6.07, 6.45) is 10.4. The van der Waals surface area contributed by atoms with Crippen molar-refractivity contribution >= 4 is 5.91 Å². The molecule has 3 nitrogen and oxygen atoms in total. The van der Waals surface area contributed by atoms with E-state index >= 15 is 0 Å². The maximum atomic E-state index is 12.0. The Balaban J connectivity index is 2.18. The molecule has 1 amide bonds. The summed E-state index contributed by atoms with van der Waals surface area (Å²) in [4.78, 5) is 12.0. The molecule has 0 aromatic carbocycles. The fourth-order valence-electron chi connectivity index (χ4n) is 3.44. The van der Waals surface area contributed by atoms with Gasteiger partial charge in [-0.25, -0.2) is 0 Å². The van der Waals surface area contributed by atoms with Crippen LogP contribution >= 0.6 is 0 Å². The zero-order chi connectivity index (χ0) is 14.8. The van der Waals surface area contributed by atoms with E-state index in [0.717, 1.165) is 31.8 Å². The molecule has 1 saturated carbocycles. The van der Waals surface area contributed by atoms with E-state index in [1.807, 2.05) is 0 Å². The third kappa shape index (κ3) is 6.74. The second-order valence-corrected chi connectivity index (χ2v) is 6.60. The average molecular weight is 282 g/mol. The van der Waals surface area contributed by atoms with Gasteiger partial charge in [-0.1, -0.05) is 46.0 Å². The number of hydrogen-bond acceptors (Lipinski definition) is 2. The van der Waals surface area contributed by atoms with Crippen molar-refractivity contribution in [2.75, 3.05) is 13.1 Å². The molecule has 0 spiro atoms. The van der Waals surface area contributed by atoms with Gasteiger partial charge in [0.25, 0.3) is 0 Å². The van der Waals surface area contributed by atoms with E-state index in [2.05, 4.69) is 19.2 Å². The van der Waals surface area contributed by atoms with Crippen LogP contribution in [-0.2, 0) is 4.79 Å². The summed E-state index contributed by atoms with van der Waals surface area (Å²) in [5.74, 6) is 2.34. The van der Waals surface area contributed by atoms with Crippen molar-refractivity contribution in [1.29, 1.82) is 0 Å². The molecule has 0 saturated heterocycles. The summed E-state index contributed by atoms with van der Waals surface area (Å²) in [6.45, 7) is 6.16. The van der Waals surface area contributed by atoms with Crippen LogP contribution in [0, 0.1) is 17.8 Å². The fraction of sp³-hybridized carbons (Fsp3) is 0.941. The minimum atomic E-state index is 0.237. The van der Waals surface area contributed by atoms with Gasteiger partial charge in [0.2, 0.25) is 5.91 Å². The highest BCUT2D eigenvalue weighted by molar-refractivity contribution is 5.75. The van der Waals surface area contributed by atoms with Crippen LogP contribution < -0.4 is 11.1 Å². The van der Waals surface area contributed by atoms with Crippen LogP contribution in [0.5, 0.6) is 0 Å². The van der Waals surface area contributed by atoms with E-state index in [0.29, 0.717) is 18.3 Å². The number of carbonyl (C=O) groups excluding carboxylic acids is 1. The third-order valence-corrected chi connectivity index (χ3v) is 4.90. The normalized spacial score (nSPS) is 24.4. The highest BCUT2D eigenvalue weighted by Crippen LogP contribution is 2.28. The second-order valence-electron chi connectivity index (χ2n) is 6.60. The molecule has 1 aliphatic carbocycles. The Hall–Kier alpha value is -0.570. The molecule has 0 aliphatic heterocycles. The Morgan fingerprint density at radius 3 is 2.65 bits per heavy atom. The van der Waals surface area contributed by atoms with E-state index in [1.54, 1.807) is 0 Å². The Morgan fingerprint density at radius 1 is 1.25 bits per heavy atom. The Kier molecular flexibility index (Phi) is 8.92. The number of amides is 1. The maximum absolute atomic E-state index is 12.0. The third-order valence-electron chi connectivity index (χ3n) is 4.90. The summed E-state index contributed by atoms with van der Waals surface area (Å²) in [6, 6.07) is 0.